The van der Waals surface area contributed by atoms with Crippen molar-refractivity contribution in [2.24, 2.45) is 0 Å². The van der Waals surface area contributed by atoms with Crippen LogP contribution in [0.2, 0.25) is 0 Å². The van der Waals surface area contributed by atoms with E-state index in [9.17, 15) is 8.42 Å². The van der Waals surface area contributed by atoms with Crippen molar-refractivity contribution in [3.8, 4) is 0 Å². The van der Waals surface area contributed by atoms with Gasteiger partial charge in [-0.05, 0) is 53.1 Å². The van der Waals surface area contributed by atoms with Gasteiger partial charge in [0.05, 0.1) is 10.5 Å². The molecule has 0 aromatic rings. The molecule has 1 fully saturated rings. The Morgan fingerprint density at radius 2 is 2.00 bits per heavy atom. The quantitative estimate of drug-likeness (QED) is 0.808. The molecule has 0 spiro atoms. The van der Waals surface area contributed by atoms with Crippen molar-refractivity contribution in [3.63, 3.8) is 0 Å². The third-order valence-electron chi connectivity index (χ3n) is 3.80. The number of piperidine rings is 1. The highest BCUT2D eigenvalue weighted by Crippen LogP contribution is 2.17. The van der Waals surface area contributed by atoms with Gasteiger partial charge in [-0.1, -0.05) is 6.92 Å². The zero-order chi connectivity index (χ0) is 14.5. The van der Waals surface area contributed by atoms with Crippen molar-refractivity contribution in [1.29, 1.82) is 0 Å². The molecule has 1 rings (SSSR count). The molecular weight excluding hydrogens is 260 g/mol. The van der Waals surface area contributed by atoms with E-state index in [4.69, 9.17) is 0 Å². The maximum Gasteiger partial charge on any atom is 0.156 e. The molecule has 1 heterocycles. The zero-order valence-electron chi connectivity index (χ0n) is 12.9. The van der Waals surface area contributed by atoms with E-state index in [1.165, 1.54) is 6.42 Å². The standard InChI is InChI=1S/C14H30N2O2S/c1-5-8-15-13-7-6-9-16(12-13)10-11-19(17,18)14(2,3)4/h13,15H,5-12H2,1-4H3. The maximum absolute atomic E-state index is 12.1. The summed E-state index contributed by atoms with van der Waals surface area (Å²) >= 11 is 0. The summed E-state index contributed by atoms with van der Waals surface area (Å²) in [7, 11) is -2.99. The van der Waals surface area contributed by atoms with Gasteiger partial charge in [-0.3, -0.25) is 0 Å². The number of nitrogens with one attached hydrogen (secondary N) is 1. The minimum Gasteiger partial charge on any atom is -0.313 e. The van der Waals surface area contributed by atoms with Crippen molar-refractivity contribution in [2.45, 2.75) is 57.7 Å². The summed E-state index contributed by atoms with van der Waals surface area (Å²) in [6.45, 7) is 11.3. The smallest absolute Gasteiger partial charge is 0.156 e. The Morgan fingerprint density at radius 3 is 2.58 bits per heavy atom. The Bertz CT molecular complexity index is 360. The SMILES string of the molecule is CCCNC1CCCN(CCS(=O)(=O)C(C)(C)C)C1. The van der Waals surface area contributed by atoms with Gasteiger partial charge < -0.3 is 10.2 Å². The molecule has 0 bridgehead atoms. The van der Waals surface area contributed by atoms with Crippen LogP contribution in [0.3, 0.4) is 0 Å². The van der Waals surface area contributed by atoms with Gasteiger partial charge in [0.1, 0.15) is 0 Å². The maximum atomic E-state index is 12.1. The summed E-state index contributed by atoms with van der Waals surface area (Å²) in [4.78, 5) is 2.29. The van der Waals surface area contributed by atoms with E-state index < -0.39 is 14.6 Å². The van der Waals surface area contributed by atoms with E-state index in [-0.39, 0.29) is 5.75 Å². The summed E-state index contributed by atoms with van der Waals surface area (Å²) in [6.07, 6.45) is 3.52. The first-order valence-corrected chi connectivity index (χ1v) is 9.09. The summed E-state index contributed by atoms with van der Waals surface area (Å²) in [6, 6.07) is 0.533. The molecule has 0 amide bonds. The van der Waals surface area contributed by atoms with Crippen LogP contribution in [0.15, 0.2) is 0 Å². The number of hydrogen-bond acceptors (Lipinski definition) is 4. The lowest BCUT2D eigenvalue weighted by Gasteiger charge is -2.33. The number of likely N-dealkylation sites (tertiary alicyclic amines) is 1. The largest absolute Gasteiger partial charge is 0.313 e. The minimum absolute atomic E-state index is 0.275. The summed E-state index contributed by atoms with van der Waals surface area (Å²) in [5.41, 5.74) is 0. The van der Waals surface area contributed by atoms with Crippen molar-refractivity contribution >= 4 is 9.84 Å². The molecule has 0 radical (unpaired) electrons. The van der Waals surface area contributed by atoms with Crippen LogP contribution in [0.4, 0.5) is 0 Å². The second-order valence-electron chi connectivity index (χ2n) is 6.53. The third-order valence-corrected chi connectivity index (χ3v) is 6.38. The van der Waals surface area contributed by atoms with Crippen LogP contribution in [0.1, 0.15) is 47.0 Å². The highest BCUT2D eigenvalue weighted by Gasteiger charge is 2.29. The van der Waals surface area contributed by atoms with Crippen molar-refractivity contribution in [1.82, 2.24) is 10.2 Å². The van der Waals surface area contributed by atoms with Crippen LogP contribution in [-0.4, -0.2) is 56.0 Å². The molecular formula is C14H30N2O2S. The molecule has 0 aromatic heterocycles. The van der Waals surface area contributed by atoms with Gasteiger partial charge in [0.25, 0.3) is 0 Å². The van der Waals surface area contributed by atoms with Crippen LogP contribution in [0, 0.1) is 0 Å². The number of hydrogen-bond donors (Lipinski definition) is 1. The predicted octanol–water partition coefficient (Wildman–Crippen LogP) is 1.66. The molecule has 19 heavy (non-hydrogen) atoms. The summed E-state index contributed by atoms with van der Waals surface area (Å²) in [5, 5.41) is 3.54. The Hall–Kier alpha value is -0.130. The molecule has 1 atom stereocenters. The molecule has 1 N–H and O–H groups in total. The fourth-order valence-corrected chi connectivity index (χ4v) is 3.44. The van der Waals surface area contributed by atoms with E-state index in [0.29, 0.717) is 12.6 Å². The second kappa shape index (κ2) is 7.04. The van der Waals surface area contributed by atoms with Crippen molar-refractivity contribution < 1.29 is 8.42 Å². The Balaban J connectivity index is 2.41. The van der Waals surface area contributed by atoms with Gasteiger partial charge in [-0.15, -0.1) is 0 Å². The monoisotopic (exact) mass is 290 g/mol. The second-order valence-corrected chi connectivity index (χ2v) is 9.39. The zero-order valence-corrected chi connectivity index (χ0v) is 13.7. The average molecular weight is 290 g/mol. The number of sulfone groups is 1. The lowest BCUT2D eigenvalue weighted by Crippen LogP contribution is -2.47. The van der Waals surface area contributed by atoms with Crippen LogP contribution < -0.4 is 5.32 Å². The summed E-state index contributed by atoms with van der Waals surface area (Å²) < 4.78 is 23.6. The van der Waals surface area contributed by atoms with E-state index in [1.54, 1.807) is 20.8 Å². The highest BCUT2D eigenvalue weighted by atomic mass is 32.2. The average Bonchev–Trinajstić information content (AvgIpc) is 2.33. The molecule has 0 saturated carbocycles. The number of rotatable bonds is 6. The van der Waals surface area contributed by atoms with E-state index in [0.717, 1.165) is 32.5 Å². The van der Waals surface area contributed by atoms with Gasteiger partial charge >= 0.3 is 0 Å². The fourth-order valence-electron chi connectivity index (χ4n) is 2.33. The molecule has 5 heteroatoms. The van der Waals surface area contributed by atoms with Gasteiger partial charge in [-0.25, -0.2) is 8.42 Å². The topological polar surface area (TPSA) is 49.4 Å². The van der Waals surface area contributed by atoms with Gasteiger partial charge in [0.15, 0.2) is 9.84 Å². The van der Waals surface area contributed by atoms with Gasteiger partial charge in [-0.2, -0.15) is 0 Å². The lowest BCUT2D eigenvalue weighted by atomic mass is 10.1. The third kappa shape index (κ3) is 5.40. The molecule has 114 valence electrons. The molecule has 0 aromatic carbocycles. The Labute approximate surface area is 118 Å². The molecule has 0 aliphatic carbocycles. The first kappa shape index (κ1) is 16.9. The van der Waals surface area contributed by atoms with Crippen LogP contribution >= 0.6 is 0 Å². The van der Waals surface area contributed by atoms with E-state index >= 15 is 0 Å². The fraction of sp³-hybridized carbons (Fsp3) is 1.00. The van der Waals surface area contributed by atoms with Crippen LogP contribution in [-0.2, 0) is 9.84 Å². The molecule has 1 saturated heterocycles. The lowest BCUT2D eigenvalue weighted by molar-refractivity contribution is 0.200. The van der Waals surface area contributed by atoms with E-state index in [1.807, 2.05) is 0 Å². The normalized spacial score (nSPS) is 22.6. The Kier molecular flexibility index (Phi) is 6.27. The highest BCUT2D eigenvalue weighted by molar-refractivity contribution is 7.92. The Morgan fingerprint density at radius 1 is 1.32 bits per heavy atom. The van der Waals surface area contributed by atoms with Crippen molar-refractivity contribution in [3.05, 3.63) is 0 Å². The van der Waals surface area contributed by atoms with Gasteiger partial charge in [0.2, 0.25) is 0 Å². The van der Waals surface area contributed by atoms with Crippen LogP contribution in [0.5, 0.6) is 0 Å². The minimum atomic E-state index is -2.99. The van der Waals surface area contributed by atoms with Crippen LogP contribution in [0.25, 0.3) is 0 Å². The molecule has 1 aliphatic heterocycles. The first-order chi connectivity index (χ1) is 8.76. The number of nitrogens with zero attached hydrogens (tertiary/aromatic N) is 1. The first-order valence-electron chi connectivity index (χ1n) is 7.44. The summed E-state index contributed by atoms with van der Waals surface area (Å²) in [5.74, 6) is 0.275. The molecule has 4 nitrogen and oxygen atoms in total. The van der Waals surface area contributed by atoms with Gasteiger partial charge in [0, 0.05) is 19.1 Å². The van der Waals surface area contributed by atoms with Crippen molar-refractivity contribution in [2.75, 3.05) is 31.9 Å². The molecule has 1 aliphatic rings. The molecule has 1 unspecified atom stereocenters. The van der Waals surface area contributed by atoms with E-state index in [2.05, 4.69) is 17.1 Å². The predicted molar refractivity (Wildman–Crippen MR) is 81.3 cm³/mol.